The van der Waals surface area contributed by atoms with Crippen molar-refractivity contribution in [3.05, 3.63) is 48.0 Å². The second-order valence-electron chi connectivity index (χ2n) is 7.04. The van der Waals surface area contributed by atoms with Gasteiger partial charge in [-0.3, -0.25) is 14.4 Å². The molecule has 0 fully saturated rings. The van der Waals surface area contributed by atoms with Crippen LogP contribution < -0.4 is 19.1 Å². The van der Waals surface area contributed by atoms with Crippen LogP contribution in [0.15, 0.2) is 42.5 Å². The summed E-state index contributed by atoms with van der Waals surface area (Å²) < 4.78 is 36.8. The quantitative estimate of drug-likeness (QED) is 0.531. The van der Waals surface area contributed by atoms with E-state index in [9.17, 15) is 13.2 Å². The highest BCUT2D eigenvalue weighted by Crippen LogP contribution is 2.35. The number of nitrogens with one attached hydrogen (secondary N) is 1. The lowest BCUT2D eigenvalue weighted by Crippen LogP contribution is -2.45. The van der Waals surface area contributed by atoms with Crippen molar-refractivity contribution < 1.29 is 22.7 Å². The molecule has 3 aromatic rings. The zero-order valence-corrected chi connectivity index (χ0v) is 20.0. The summed E-state index contributed by atoms with van der Waals surface area (Å²) in [6, 6.07) is 11.4. The number of hydrogen-bond acceptors (Lipinski definition) is 8. The van der Waals surface area contributed by atoms with Gasteiger partial charge in [-0.2, -0.15) is 0 Å². The summed E-state index contributed by atoms with van der Waals surface area (Å²) in [5, 5.41) is 11.7. The van der Waals surface area contributed by atoms with Gasteiger partial charge in [-0.25, -0.2) is 8.42 Å². The number of carbonyl (C=O) groups is 1. The number of anilines is 2. The van der Waals surface area contributed by atoms with Crippen LogP contribution in [0.25, 0.3) is 10.6 Å². The van der Waals surface area contributed by atoms with Crippen LogP contribution in [0.2, 0.25) is 0 Å². The van der Waals surface area contributed by atoms with Gasteiger partial charge in [0.05, 0.1) is 26.2 Å². The number of amides is 1. The number of rotatable bonds is 8. The Morgan fingerprint density at radius 1 is 1.09 bits per heavy atom. The molecule has 0 aliphatic carbocycles. The Morgan fingerprint density at radius 2 is 1.78 bits per heavy atom. The van der Waals surface area contributed by atoms with Gasteiger partial charge in [-0.15, -0.1) is 10.2 Å². The van der Waals surface area contributed by atoms with Crippen molar-refractivity contribution in [1.82, 2.24) is 10.2 Å². The number of aryl methyl sites for hydroxylation is 1. The Morgan fingerprint density at radius 3 is 2.38 bits per heavy atom. The summed E-state index contributed by atoms with van der Waals surface area (Å²) in [6.07, 6.45) is 1.02. The molecule has 1 amide bonds. The van der Waals surface area contributed by atoms with Crippen LogP contribution in [0.4, 0.5) is 10.8 Å². The smallest absolute Gasteiger partial charge is 0.249 e. The van der Waals surface area contributed by atoms with Gasteiger partial charge >= 0.3 is 0 Å². The molecule has 170 valence electrons. The fraction of sp³-hybridized carbons (Fsp3) is 0.286. The Kier molecular flexibility index (Phi) is 6.99. The third kappa shape index (κ3) is 5.17. The summed E-state index contributed by atoms with van der Waals surface area (Å²) in [5.74, 6) is 0.147. The van der Waals surface area contributed by atoms with Crippen molar-refractivity contribution in [2.75, 3.05) is 30.1 Å². The molecule has 0 saturated carbocycles. The highest BCUT2D eigenvalue weighted by Gasteiger charge is 2.32. The summed E-state index contributed by atoms with van der Waals surface area (Å²) in [5.41, 5.74) is 2.18. The zero-order valence-electron chi connectivity index (χ0n) is 18.3. The number of ether oxygens (including phenoxy) is 2. The zero-order chi connectivity index (χ0) is 23.5. The number of hydrogen-bond donors (Lipinski definition) is 1. The number of methoxy groups -OCH3 is 2. The van der Waals surface area contributed by atoms with Crippen molar-refractivity contribution in [2.45, 2.75) is 19.9 Å². The lowest BCUT2D eigenvalue weighted by atomic mass is 10.2. The predicted octanol–water partition coefficient (Wildman–Crippen LogP) is 3.32. The predicted molar refractivity (Wildman–Crippen MR) is 125 cm³/mol. The maximum Gasteiger partial charge on any atom is 0.249 e. The fourth-order valence-corrected chi connectivity index (χ4v) is 4.97. The molecule has 0 aliphatic rings. The average molecular weight is 477 g/mol. The average Bonchev–Trinajstić information content (AvgIpc) is 3.21. The third-order valence-corrected chi connectivity index (χ3v) is 6.78. The molecular formula is C21H24N4O5S2. The molecule has 0 saturated heterocycles. The molecule has 1 aromatic heterocycles. The van der Waals surface area contributed by atoms with Gasteiger partial charge in [0.15, 0.2) is 0 Å². The first-order valence-electron chi connectivity index (χ1n) is 9.57. The number of nitrogens with zero attached hydrogens (tertiary/aromatic N) is 3. The van der Waals surface area contributed by atoms with E-state index >= 15 is 0 Å². The van der Waals surface area contributed by atoms with E-state index in [-0.39, 0.29) is 16.6 Å². The molecule has 1 N–H and O–H groups in total. The van der Waals surface area contributed by atoms with Crippen molar-refractivity contribution in [3.8, 4) is 22.1 Å². The van der Waals surface area contributed by atoms with E-state index in [0.717, 1.165) is 21.7 Å². The van der Waals surface area contributed by atoms with Gasteiger partial charge in [0.2, 0.25) is 21.1 Å². The largest absolute Gasteiger partial charge is 0.497 e. The monoisotopic (exact) mass is 476 g/mol. The van der Waals surface area contributed by atoms with Gasteiger partial charge < -0.3 is 9.47 Å². The Labute approximate surface area is 191 Å². The van der Waals surface area contributed by atoms with Crippen LogP contribution in [0.1, 0.15) is 12.5 Å². The van der Waals surface area contributed by atoms with Crippen LogP contribution in [-0.4, -0.2) is 51.0 Å². The van der Waals surface area contributed by atoms with Crippen LogP contribution in [0, 0.1) is 6.92 Å². The number of aromatic nitrogens is 2. The molecule has 11 heteroatoms. The topological polar surface area (TPSA) is 111 Å². The van der Waals surface area contributed by atoms with Crippen molar-refractivity contribution >= 4 is 38.1 Å². The van der Waals surface area contributed by atoms with Gasteiger partial charge in [-0.1, -0.05) is 41.2 Å². The van der Waals surface area contributed by atoms with E-state index in [1.807, 2.05) is 31.2 Å². The Bertz CT molecular complexity index is 1210. The summed E-state index contributed by atoms with van der Waals surface area (Å²) in [6.45, 7) is 3.47. The highest BCUT2D eigenvalue weighted by molar-refractivity contribution is 7.92. The summed E-state index contributed by atoms with van der Waals surface area (Å²) in [7, 11) is -0.963. The van der Waals surface area contributed by atoms with Crippen LogP contribution >= 0.6 is 11.3 Å². The first-order chi connectivity index (χ1) is 15.1. The number of sulfonamides is 1. The van der Waals surface area contributed by atoms with E-state index in [4.69, 9.17) is 9.47 Å². The molecule has 1 unspecified atom stereocenters. The second kappa shape index (κ2) is 9.53. The highest BCUT2D eigenvalue weighted by atomic mass is 32.2. The SMILES string of the molecule is COc1ccc(OC)c(N(C(C)C(=O)Nc2nnc(-c3ccc(C)cc3)s2)S(C)(=O)=O)c1. The molecule has 1 heterocycles. The van der Waals surface area contributed by atoms with E-state index < -0.39 is 22.0 Å². The Hall–Kier alpha value is -3.18. The minimum absolute atomic E-state index is 0.189. The molecule has 2 aromatic carbocycles. The standard InChI is InChI=1S/C21H24N4O5S2/c1-13-6-8-15(9-7-13)20-23-24-21(31-20)22-19(26)14(2)25(32(5,27)28)17-12-16(29-3)10-11-18(17)30-4/h6-12,14H,1-5H3,(H,22,24,26). The first kappa shape index (κ1) is 23.5. The van der Waals surface area contributed by atoms with Crippen LogP contribution in [-0.2, 0) is 14.8 Å². The molecular weight excluding hydrogens is 452 g/mol. The van der Waals surface area contributed by atoms with Gasteiger partial charge in [0.25, 0.3) is 0 Å². The second-order valence-corrected chi connectivity index (χ2v) is 9.88. The lowest BCUT2D eigenvalue weighted by molar-refractivity contribution is -0.116. The maximum absolute atomic E-state index is 13.0. The van der Waals surface area contributed by atoms with Gasteiger partial charge in [-0.05, 0) is 26.0 Å². The molecule has 0 spiro atoms. The molecule has 9 nitrogen and oxygen atoms in total. The van der Waals surface area contributed by atoms with Crippen molar-refractivity contribution in [2.24, 2.45) is 0 Å². The molecule has 1 atom stereocenters. The van der Waals surface area contributed by atoms with Crippen LogP contribution in [0.5, 0.6) is 11.5 Å². The third-order valence-electron chi connectivity index (χ3n) is 4.67. The number of carbonyl (C=O) groups excluding carboxylic acids is 1. The Balaban J connectivity index is 1.88. The molecule has 0 radical (unpaired) electrons. The van der Waals surface area contributed by atoms with E-state index in [2.05, 4.69) is 15.5 Å². The molecule has 32 heavy (non-hydrogen) atoms. The minimum Gasteiger partial charge on any atom is -0.497 e. The summed E-state index contributed by atoms with van der Waals surface area (Å²) >= 11 is 1.20. The van der Waals surface area contributed by atoms with Crippen molar-refractivity contribution in [3.63, 3.8) is 0 Å². The normalized spacial score (nSPS) is 12.2. The lowest BCUT2D eigenvalue weighted by Gasteiger charge is -2.29. The molecule has 3 rings (SSSR count). The van der Waals surface area contributed by atoms with E-state index in [0.29, 0.717) is 10.8 Å². The van der Waals surface area contributed by atoms with Gasteiger partial charge in [0, 0.05) is 11.6 Å². The maximum atomic E-state index is 13.0. The van der Waals surface area contributed by atoms with E-state index in [1.165, 1.54) is 38.5 Å². The molecule has 0 aliphatic heterocycles. The minimum atomic E-state index is -3.85. The van der Waals surface area contributed by atoms with Crippen LogP contribution in [0.3, 0.4) is 0 Å². The van der Waals surface area contributed by atoms with E-state index in [1.54, 1.807) is 12.1 Å². The fourth-order valence-electron chi connectivity index (χ4n) is 3.05. The first-order valence-corrected chi connectivity index (χ1v) is 12.2. The van der Waals surface area contributed by atoms with Gasteiger partial charge in [0.1, 0.15) is 22.5 Å². The van der Waals surface area contributed by atoms with Crippen molar-refractivity contribution in [1.29, 1.82) is 0 Å². The summed E-state index contributed by atoms with van der Waals surface area (Å²) in [4.78, 5) is 13.0. The molecule has 0 bridgehead atoms. The number of benzene rings is 2.